The van der Waals surface area contributed by atoms with Crippen LogP contribution in [0.15, 0.2) is 59.9 Å². The first-order valence-electron chi connectivity index (χ1n) is 9.00. The van der Waals surface area contributed by atoms with Gasteiger partial charge in [0.05, 0.1) is 11.8 Å². The highest BCUT2D eigenvalue weighted by atomic mass is 19.1. The Balaban J connectivity index is 1.72. The smallest absolute Gasteiger partial charge is 0.158 e. The fourth-order valence-electron chi connectivity index (χ4n) is 4.07. The van der Waals surface area contributed by atoms with Crippen molar-refractivity contribution in [2.24, 2.45) is 10.9 Å². The van der Waals surface area contributed by atoms with E-state index in [0.717, 1.165) is 29.7 Å². The average Bonchev–Trinajstić information content (AvgIpc) is 2.87. The fraction of sp³-hybridized carbons (Fsp3) is 0.190. The second kappa shape index (κ2) is 6.16. The molecule has 134 valence electrons. The normalized spacial score (nSPS) is 20.4. The Hall–Kier alpha value is -3.28. The summed E-state index contributed by atoms with van der Waals surface area (Å²) in [4.78, 5) is 13.4. The molecule has 0 amide bonds. The first kappa shape index (κ1) is 15.9. The molecule has 5 nitrogen and oxygen atoms in total. The number of benzene rings is 2. The van der Waals surface area contributed by atoms with Gasteiger partial charge in [-0.25, -0.2) is 19.4 Å². The summed E-state index contributed by atoms with van der Waals surface area (Å²) >= 11 is 0. The number of nitrogen functional groups attached to an aromatic ring is 1. The molecule has 6 heteroatoms. The zero-order chi connectivity index (χ0) is 18.4. The number of fused-ring (bicyclic) bond motifs is 4. The van der Waals surface area contributed by atoms with Crippen LogP contribution in [0.2, 0.25) is 0 Å². The summed E-state index contributed by atoms with van der Waals surface area (Å²) in [6, 6.07) is 14.9. The number of nitrogens with zero attached hydrogens (tertiary/aromatic N) is 3. The number of aryl methyl sites for hydroxylation is 1. The van der Waals surface area contributed by atoms with Crippen molar-refractivity contribution in [3.63, 3.8) is 0 Å². The van der Waals surface area contributed by atoms with Gasteiger partial charge in [-0.05, 0) is 41.7 Å². The summed E-state index contributed by atoms with van der Waals surface area (Å²) < 4.78 is 13.5. The molecule has 0 radical (unpaired) electrons. The SMILES string of the molecule is Nc1ncnc2c1N=C1c3ccccc3CCC1C(c1ccc(F)cc1)N2. The van der Waals surface area contributed by atoms with Crippen molar-refractivity contribution >= 4 is 23.0 Å². The lowest BCUT2D eigenvalue weighted by atomic mass is 9.76. The summed E-state index contributed by atoms with van der Waals surface area (Å²) in [6.07, 6.45) is 3.34. The molecule has 0 fully saturated rings. The van der Waals surface area contributed by atoms with Crippen LogP contribution in [0.4, 0.5) is 21.7 Å². The molecule has 0 saturated carbocycles. The average molecular weight is 359 g/mol. The Labute approximate surface area is 156 Å². The van der Waals surface area contributed by atoms with Gasteiger partial charge < -0.3 is 11.1 Å². The van der Waals surface area contributed by atoms with Gasteiger partial charge in [-0.1, -0.05) is 36.4 Å². The quantitative estimate of drug-likeness (QED) is 0.687. The predicted octanol–water partition coefficient (Wildman–Crippen LogP) is 4.05. The number of aromatic nitrogens is 2. The van der Waals surface area contributed by atoms with Crippen LogP contribution in [0.25, 0.3) is 0 Å². The molecule has 3 aromatic rings. The number of hydrogen-bond acceptors (Lipinski definition) is 5. The third-order valence-electron chi connectivity index (χ3n) is 5.38. The maximum atomic E-state index is 13.5. The minimum Gasteiger partial charge on any atom is -0.382 e. The van der Waals surface area contributed by atoms with E-state index in [0.29, 0.717) is 17.3 Å². The number of aliphatic imine (C=N–C) groups is 1. The Morgan fingerprint density at radius 2 is 1.85 bits per heavy atom. The number of nitrogens with one attached hydrogen (secondary N) is 1. The summed E-state index contributed by atoms with van der Waals surface area (Å²) in [6.45, 7) is 0. The van der Waals surface area contributed by atoms with Crippen molar-refractivity contribution in [3.8, 4) is 0 Å². The van der Waals surface area contributed by atoms with Gasteiger partial charge in [-0.2, -0.15) is 0 Å². The molecule has 2 atom stereocenters. The number of rotatable bonds is 1. The van der Waals surface area contributed by atoms with Crippen molar-refractivity contribution in [2.45, 2.75) is 18.9 Å². The molecule has 2 heterocycles. The number of anilines is 2. The van der Waals surface area contributed by atoms with Crippen LogP contribution in [-0.2, 0) is 6.42 Å². The molecule has 0 saturated heterocycles. The first-order valence-corrected chi connectivity index (χ1v) is 9.00. The minimum absolute atomic E-state index is 0.0757. The molecule has 5 rings (SSSR count). The third kappa shape index (κ3) is 2.65. The summed E-state index contributed by atoms with van der Waals surface area (Å²) in [5.41, 5.74) is 11.1. The maximum Gasteiger partial charge on any atom is 0.158 e. The van der Waals surface area contributed by atoms with Gasteiger partial charge in [0.15, 0.2) is 11.6 Å². The summed E-state index contributed by atoms with van der Waals surface area (Å²) in [5, 5.41) is 3.50. The van der Waals surface area contributed by atoms with E-state index >= 15 is 0 Å². The van der Waals surface area contributed by atoms with Crippen LogP contribution in [-0.4, -0.2) is 15.7 Å². The molecule has 1 aliphatic heterocycles. The van der Waals surface area contributed by atoms with Gasteiger partial charge in [0.1, 0.15) is 17.8 Å². The second-order valence-electron chi connectivity index (χ2n) is 6.93. The van der Waals surface area contributed by atoms with Crippen LogP contribution in [0.3, 0.4) is 0 Å². The van der Waals surface area contributed by atoms with Gasteiger partial charge in [0.25, 0.3) is 0 Å². The summed E-state index contributed by atoms with van der Waals surface area (Å²) in [7, 11) is 0. The fourth-order valence-corrected chi connectivity index (χ4v) is 4.07. The van der Waals surface area contributed by atoms with E-state index in [1.165, 1.54) is 24.0 Å². The van der Waals surface area contributed by atoms with Crippen LogP contribution in [0.1, 0.15) is 29.2 Å². The van der Waals surface area contributed by atoms with Crippen LogP contribution in [0, 0.1) is 11.7 Å². The van der Waals surface area contributed by atoms with Gasteiger partial charge in [-0.3, -0.25) is 0 Å². The van der Waals surface area contributed by atoms with Crippen LogP contribution >= 0.6 is 0 Å². The minimum atomic E-state index is -0.248. The molecule has 0 spiro atoms. The van der Waals surface area contributed by atoms with E-state index in [1.54, 1.807) is 0 Å². The monoisotopic (exact) mass is 359 g/mol. The molecule has 27 heavy (non-hydrogen) atoms. The van der Waals surface area contributed by atoms with E-state index in [9.17, 15) is 4.39 Å². The van der Waals surface area contributed by atoms with E-state index in [1.807, 2.05) is 18.2 Å². The Kier molecular flexibility index (Phi) is 3.63. The standard InChI is InChI=1S/C21H18FN5/c22-14-8-5-13(6-9-14)17-16-10-7-12-3-1-2-4-15(12)18(16)26-19-20(23)24-11-25-21(19)27-17/h1-6,8-9,11,16-17H,7,10H2,(H3,23,24,25,27). The van der Waals surface area contributed by atoms with Gasteiger partial charge in [0.2, 0.25) is 0 Å². The lowest BCUT2D eigenvalue weighted by Gasteiger charge is -2.32. The molecule has 2 aliphatic rings. The highest BCUT2D eigenvalue weighted by Gasteiger charge is 2.36. The van der Waals surface area contributed by atoms with Crippen molar-refractivity contribution in [3.05, 3.63) is 77.4 Å². The first-order chi connectivity index (χ1) is 13.2. The molecule has 1 aliphatic carbocycles. The highest BCUT2D eigenvalue weighted by Crippen LogP contribution is 2.43. The van der Waals surface area contributed by atoms with E-state index in [4.69, 9.17) is 10.7 Å². The molecule has 0 bridgehead atoms. The Bertz CT molecular complexity index is 1040. The van der Waals surface area contributed by atoms with E-state index in [-0.39, 0.29) is 17.8 Å². The molecule has 2 unspecified atom stereocenters. The van der Waals surface area contributed by atoms with Crippen molar-refractivity contribution in [1.82, 2.24) is 9.97 Å². The van der Waals surface area contributed by atoms with E-state index in [2.05, 4.69) is 33.5 Å². The predicted molar refractivity (Wildman–Crippen MR) is 104 cm³/mol. The van der Waals surface area contributed by atoms with Crippen LogP contribution < -0.4 is 11.1 Å². The van der Waals surface area contributed by atoms with Gasteiger partial charge in [-0.15, -0.1) is 0 Å². The largest absolute Gasteiger partial charge is 0.382 e. The third-order valence-corrected chi connectivity index (χ3v) is 5.38. The van der Waals surface area contributed by atoms with Crippen molar-refractivity contribution in [2.75, 3.05) is 11.1 Å². The van der Waals surface area contributed by atoms with Crippen molar-refractivity contribution in [1.29, 1.82) is 0 Å². The zero-order valence-corrected chi connectivity index (χ0v) is 14.6. The number of nitrogens with two attached hydrogens (primary N) is 1. The zero-order valence-electron chi connectivity index (χ0n) is 14.6. The lowest BCUT2D eigenvalue weighted by molar-refractivity contribution is 0.532. The second-order valence-corrected chi connectivity index (χ2v) is 6.93. The Morgan fingerprint density at radius 1 is 1.04 bits per heavy atom. The van der Waals surface area contributed by atoms with Gasteiger partial charge >= 0.3 is 0 Å². The van der Waals surface area contributed by atoms with Crippen molar-refractivity contribution < 1.29 is 4.39 Å². The Morgan fingerprint density at radius 3 is 2.70 bits per heavy atom. The molecule has 1 aromatic heterocycles. The number of hydrogen-bond donors (Lipinski definition) is 2. The van der Waals surface area contributed by atoms with Crippen LogP contribution in [0.5, 0.6) is 0 Å². The van der Waals surface area contributed by atoms with E-state index < -0.39 is 0 Å². The molecular formula is C21H18FN5. The highest BCUT2D eigenvalue weighted by molar-refractivity contribution is 6.08. The lowest BCUT2D eigenvalue weighted by Crippen LogP contribution is -2.31. The number of halogens is 1. The topological polar surface area (TPSA) is 76.2 Å². The summed E-state index contributed by atoms with van der Waals surface area (Å²) in [5.74, 6) is 0.832. The van der Waals surface area contributed by atoms with Gasteiger partial charge in [0, 0.05) is 5.92 Å². The molecule has 3 N–H and O–H groups in total. The molecule has 2 aromatic carbocycles. The molecular weight excluding hydrogens is 341 g/mol. The maximum absolute atomic E-state index is 13.5.